The molecule has 0 aliphatic carbocycles. The first-order valence-electron chi connectivity index (χ1n) is 9.17. The maximum absolute atomic E-state index is 12.0. The Labute approximate surface area is 142 Å². The zero-order valence-electron chi connectivity index (χ0n) is 15.1. The first-order chi connectivity index (χ1) is 11.2. The highest BCUT2D eigenvalue weighted by Crippen LogP contribution is 2.15. The van der Waals surface area contributed by atoms with Crippen LogP contribution >= 0.6 is 0 Å². The zero-order chi connectivity index (χ0) is 16.9. The molecule has 0 saturated carbocycles. The quantitative estimate of drug-likeness (QED) is 0.379. The molecule has 23 heavy (non-hydrogen) atoms. The summed E-state index contributed by atoms with van der Waals surface area (Å²) in [5.74, 6) is -0.210. The summed E-state index contributed by atoms with van der Waals surface area (Å²) in [6.07, 6.45) is 9.55. The smallest absolute Gasteiger partial charge is 0.338 e. The van der Waals surface area contributed by atoms with E-state index in [1.807, 2.05) is 24.3 Å². The van der Waals surface area contributed by atoms with Crippen LogP contribution in [0.25, 0.3) is 0 Å². The summed E-state index contributed by atoms with van der Waals surface area (Å²) >= 11 is 0. The molecular formula is C20H33NO2. The van der Waals surface area contributed by atoms with E-state index in [-0.39, 0.29) is 5.97 Å². The van der Waals surface area contributed by atoms with E-state index in [0.29, 0.717) is 12.2 Å². The van der Waals surface area contributed by atoms with Gasteiger partial charge in [0.2, 0.25) is 0 Å². The number of ether oxygens (including phenoxy) is 1. The Morgan fingerprint density at radius 3 is 2.13 bits per heavy atom. The summed E-state index contributed by atoms with van der Waals surface area (Å²) in [6, 6.07) is 7.75. The Balaban J connectivity index is 2.35. The lowest BCUT2D eigenvalue weighted by Crippen LogP contribution is -2.18. The first-order valence-corrected chi connectivity index (χ1v) is 9.17. The molecule has 0 spiro atoms. The number of carbonyl (C=O) groups excluding carboxylic acids is 1. The van der Waals surface area contributed by atoms with E-state index in [0.717, 1.165) is 25.1 Å². The second kappa shape index (κ2) is 12.0. The summed E-state index contributed by atoms with van der Waals surface area (Å²) in [7, 11) is 2.10. The van der Waals surface area contributed by atoms with Crippen LogP contribution in [-0.4, -0.2) is 26.2 Å². The molecule has 0 radical (unpaired) electrons. The Hall–Kier alpha value is -1.51. The third kappa shape index (κ3) is 8.06. The maximum atomic E-state index is 12.0. The molecule has 0 heterocycles. The van der Waals surface area contributed by atoms with E-state index in [4.69, 9.17) is 4.74 Å². The van der Waals surface area contributed by atoms with Crippen LogP contribution in [0, 0.1) is 0 Å². The lowest BCUT2D eigenvalue weighted by Gasteiger charge is -2.19. The van der Waals surface area contributed by atoms with Gasteiger partial charge in [-0.3, -0.25) is 0 Å². The van der Waals surface area contributed by atoms with Crippen molar-refractivity contribution in [3.8, 4) is 0 Å². The highest BCUT2D eigenvalue weighted by molar-refractivity contribution is 5.89. The molecule has 130 valence electrons. The number of nitrogens with zero attached hydrogens (tertiary/aromatic N) is 1. The second-order valence-corrected chi connectivity index (χ2v) is 6.23. The average Bonchev–Trinajstić information content (AvgIpc) is 2.58. The SMILES string of the molecule is CCCCCCOC(=O)c1ccc(N(C)CCCCCC)cc1. The second-order valence-electron chi connectivity index (χ2n) is 6.23. The van der Waals surface area contributed by atoms with E-state index in [9.17, 15) is 4.79 Å². The van der Waals surface area contributed by atoms with Crippen molar-refractivity contribution in [1.82, 2.24) is 0 Å². The Morgan fingerprint density at radius 1 is 0.913 bits per heavy atom. The predicted molar refractivity (Wildman–Crippen MR) is 98.3 cm³/mol. The summed E-state index contributed by atoms with van der Waals surface area (Å²) in [5.41, 5.74) is 1.80. The van der Waals surface area contributed by atoms with Gasteiger partial charge in [0.15, 0.2) is 0 Å². The number of carbonyl (C=O) groups is 1. The van der Waals surface area contributed by atoms with Gasteiger partial charge < -0.3 is 9.64 Å². The van der Waals surface area contributed by atoms with Crippen LogP contribution in [0.4, 0.5) is 5.69 Å². The van der Waals surface area contributed by atoms with Gasteiger partial charge in [0, 0.05) is 19.3 Å². The summed E-state index contributed by atoms with van der Waals surface area (Å²) < 4.78 is 5.31. The fourth-order valence-electron chi connectivity index (χ4n) is 2.53. The van der Waals surface area contributed by atoms with E-state index in [1.54, 1.807) is 0 Å². The Kier molecular flexibility index (Phi) is 10.2. The van der Waals surface area contributed by atoms with Crippen molar-refractivity contribution in [3.63, 3.8) is 0 Å². The summed E-state index contributed by atoms with van der Waals surface area (Å²) in [6.45, 7) is 5.98. The van der Waals surface area contributed by atoms with Gasteiger partial charge in [-0.2, -0.15) is 0 Å². The Bertz CT molecular complexity index is 428. The highest BCUT2D eigenvalue weighted by Gasteiger charge is 2.08. The van der Waals surface area contributed by atoms with Gasteiger partial charge in [0.25, 0.3) is 0 Å². The molecule has 3 heteroatoms. The number of esters is 1. The molecule has 0 amide bonds. The molecule has 0 fully saturated rings. The van der Waals surface area contributed by atoms with Crippen molar-refractivity contribution in [2.24, 2.45) is 0 Å². The van der Waals surface area contributed by atoms with Gasteiger partial charge in [0.05, 0.1) is 12.2 Å². The number of anilines is 1. The number of hydrogen-bond donors (Lipinski definition) is 0. The van der Waals surface area contributed by atoms with E-state index < -0.39 is 0 Å². The molecule has 1 aromatic rings. The zero-order valence-corrected chi connectivity index (χ0v) is 15.1. The van der Waals surface area contributed by atoms with Crippen molar-refractivity contribution in [3.05, 3.63) is 29.8 Å². The highest BCUT2D eigenvalue weighted by atomic mass is 16.5. The monoisotopic (exact) mass is 319 g/mol. The third-order valence-corrected chi connectivity index (χ3v) is 4.12. The van der Waals surface area contributed by atoms with Crippen molar-refractivity contribution < 1.29 is 9.53 Å². The van der Waals surface area contributed by atoms with Crippen LogP contribution in [0.2, 0.25) is 0 Å². The van der Waals surface area contributed by atoms with Crippen LogP contribution < -0.4 is 4.90 Å². The molecule has 0 unspecified atom stereocenters. The minimum atomic E-state index is -0.210. The van der Waals surface area contributed by atoms with Crippen LogP contribution in [0.15, 0.2) is 24.3 Å². The van der Waals surface area contributed by atoms with Crippen molar-refractivity contribution in [2.45, 2.75) is 65.2 Å². The number of rotatable bonds is 12. The fraction of sp³-hybridized carbons (Fsp3) is 0.650. The molecule has 1 aromatic carbocycles. The standard InChI is InChI=1S/C20H33NO2/c1-4-6-8-10-16-21(3)19-14-12-18(13-15-19)20(22)23-17-11-9-7-5-2/h12-15H,4-11,16-17H2,1-3H3. The molecule has 1 rings (SSSR count). The van der Waals surface area contributed by atoms with Gasteiger partial charge in [-0.05, 0) is 37.1 Å². The molecule has 0 aliphatic heterocycles. The van der Waals surface area contributed by atoms with Gasteiger partial charge in [-0.1, -0.05) is 52.4 Å². The van der Waals surface area contributed by atoms with Gasteiger partial charge in [-0.15, -0.1) is 0 Å². The van der Waals surface area contributed by atoms with E-state index >= 15 is 0 Å². The van der Waals surface area contributed by atoms with E-state index in [2.05, 4.69) is 25.8 Å². The van der Waals surface area contributed by atoms with E-state index in [1.165, 1.54) is 38.5 Å². The van der Waals surface area contributed by atoms with Crippen LogP contribution in [0.1, 0.15) is 75.6 Å². The summed E-state index contributed by atoms with van der Waals surface area (Å²) in [4.78, 5) is 14.2. The predicted octanol–water partition coefficient (Wildman–Crippen LogP) is 5.44. The van der Waals surface area contributed by atoms with Gasteiger partial charge in [-0.25, -0.2) is 4.79 Å². The number of hydrogen-bond acceptors (Lipinski definition) is 3. The van der Waals surface area contributed by atoms with Gasteiger partial charge >= 0.3 is 5.97 Å². The molecule has 3 nitrogen and oxygen atoms in total. The molecule has 0 N–H and O–H groups in total. The van der Waals surface area contributed by atoms with Gasteiger partial charge in [0.1, 0.15) is 0 Å². The van der Waals surface area contributed by atoms with Crippen molar-refractivity contribution >= 4 is 11.7 Å². The molecular weight excluding hydrogens is 286 g/mol. The fourth-order valence-corrected chi connectivity index (χ4v) is 2.53. The van der Waals surface area contributed by atoms with Crippen molar-refractivity contribution in [2.75, 3.05) is 25.1 Å². The average molecular weight is 319 g/mol. The normalized spacial score (nSPS) is 10.6. The minimum absolute atomic E-state index is 0.210. The lowest BCUT2D eigenvalue weighted by atomic mass is 10.1. The largest absolute Gasteiger partial charge is 0.462 e. The first kappa shape index (κ1) is 19.5. The minimum Gasteiger partial charge on any atom is -0.462 e. The van der Waals surface area contributed by atoms with Crippen LogP contribution in [-0.2, 0) is 4.74 Å². The molecule has 0 aliphatic rings. The Morgan fingerprint density at radius 2 is 1.52 bits per heavy atom. The van der Waals surface area contributed by atoms with Crippen LogP contribution in [0.3, 0.4) is 0 Å². The summed E-state index contributed by atoms with van der Waals surface area (Å²) in [5, 5.41) is 0. The maximum Gasteiger partial charge on any atom is 0.338 e. The number of benzene rings is 1. The molecule has 0 atom stereocenters. The van der Waals surface area contributed by atoms with Crippen LogP contribution in [0.5, 0.6) is 0 Å². The third-order valence-electron chi connectivity index (χ3n) is 4.12. The van der Waals surface area contributed by atoms with Crippen molar-refractivity contribution in [1.29, 1.82) is 0 Å². The molecule has 0 saturated heterocycles. The number of unbranched alkanes of at least 4 members (excludes halogenated alkanes) is 6. The molecule has 0 bridgehead atoms. The lowest BCUT2D eigenvalue weighted by molar-refractivity contribution is 0.0498. The topological polar surface area (TPSA) is 29.5 Å². The molecule has 0 aromatic heterocycles.